The molecule has 0 aromatic heterocycles. The first-order valence-corrected chi connectivity index (χ1v) is 23.0. The first-order chi connectivity index (χ1) is 31.7. The summed E-state index contributed by atoms with van der Waals surface area (Å²) in [6.45, 7) is 8.66. The lowest BCUT2D eigenvalue weighted by Crippen LogP contribution is -2.70. The van der Waals surface area contributed by atoms with E-state index in [1.165, 1.54) is 12.1 Å². The Morgan fingerprint density at radius 2 is 1.65 bits per heavy atom. The number of benzene rings is 4. The van der Waals surface area contributed by atoms with E-state index in [1.807, 2.05) is 61.5 Å². The van der Waals surface area contributed by atoms with Crippen molar-refractivity contribution in [3.8, 4) is 28.4 Å². The van der Waals surface area contributed by atoms with Crippen molar-refractivity contribution in [1.29, 1.82) is 0 Å². The summed E-state index contributed by atoms with van der Waals surface area (Å²) >= 11 is 0. The van der Waals surface area contributed by atoms with E-state index in [9.17, 15) is 25.1 Å². The maximum Gasteiger partial charge on any atom is 0.410 e. The number of ether oxygens (including phenoxy) is 4. The number of allylic oxidation sites excluding steroid dienone is 1. The maximum atomic E-state index is 14.1. The molecule has 3 aliphatic rings. The van der Waals surface area contributed by atoms with Gasteiger partial charge in [-0.3, -0.25) is 15.0 Å². The molecule has 13 heteroatoms. The number of aliphatic hydroxyl groups excluding tert-OH is 2. The molecule has 1 amide bonds. The molecule has 65 heavy (non-hydrogen) atoms. The van der Waals surface area contributed by atoms with Crippen LogP contribution in [0.4, 0.5) is 10.5 Å². The second kappa shape index (κ2) is 22.3. The molecule has 1 fully saturated rings. The highest BCUT2D eigenvalue weighted by Gasteiger charge is 2.65. The Bertz CT molecular complexity index is 2280. The fourth-order valence-electron chi connectivity index (χ4n) is 9.91. The van der Waals surface area contributed by atoms with Gasteiger partial charge in [-0.2, -0.15) is 0 Å². The third kappa shape index (κ3) is 10.6. The number of rotatable bonds is 22. The van der Waals surface area contributed by atoms with Crippen molar-refractivity contribution < 1.29 is 43.7 Å². The predicted octanol–water partition coefficient (Wildman–Crippen LogP) is 10.8. The molecule has 6 atom stereocenters. The van der Waals surface area contributed by atoms with Crippen molar-refractivity contribution in [2.45, 2.75) is 89.6 Å². The Morgan fingerprint density at radius 1 is 0.938 bits per heavy atom. The zero-order chi connectivity index (χ0) is 45.8. The number of nitro groups is 1. The predicted molar refractivity (Wildman–Crippen MR) is 249 cm³/mol. The molecule has 13 nitrogen and oxygen atoms in total. The minimum atomic E-state index is -1.43. The van der Waals surface area contributed by atoms with Gasteiger partial charge in [0.05, 0.1) is 29.8 Å². The number of amides is 1. The second-order valence-corrected chi connectivity index (χ2v) is 16.9. The SMILES string of the molecule is C=CCO[C@@]12Oc3ccc(Oc4ccc(-c5ccccc5)cc4)cc3[C@H]3[C@H](CCCCO)[C@@H](CCCCO)C=C(C(=NOCc4ccc([N+](=O)[O-])cc4)C[C@@H]1N(CCC)C(=O)OCC)[C@H]32. The number of nitro benzene ring substituents is 1. The van der Waals surface area contributed by atoms with Gasteiger partial charge in [-0.15, -0.1) is 6.58 Å². The first kappa shape index (κ1) is 47.0. The van der Waals surface area contributed by atoms with Gasteiger partial charge in [0.2, 0.25) is 5.79 Å². The molecule has 344 valence electrons. The van der Waals surface area contributed by atoms with E-state index in [1.54, 1.807) is 30.0 Å². The van der Waals surface area contributed by atoms with Crippen LogP contribution in [0, 0.1) is 27.9 Å². The van der Waals surface area contributed by atoms with Crippen LogP contribution < -0.4 is 9.47 Å². The van der Waals surface area contributed by atoms with E-state index in [2.05, 4.69) is 30.9 Å². The molecular weight excluding hydrogens is 827 g/mol. The van der Waals surface area contributed by atoms with Crippen LogP contribution in [-0.2, 0) is 20.9 Å². The van der Waals surface area contributed by atoms with Gasteiger partial charge in [0, 0.05) is 49.8 Å². The molecule has 2 aliphatic carbocycles. The van der Waals surface area contributed by atoms with E-state index in [0.717, 1.165) is 47.9 Å². The average molecular weight is 888 g/mol. The van der Waals surface area contributed by atoms with Crippen LogP contribution in [0.3, 0.4) is 0 Å². The van der Waals surface area contributed by atoms with Crippen molar-refractivity contribution in [2.24, 2.45) is 22.9 Å². The van der Waals surface area contributed by atoms with E-state index in [-0.39, 0.29) is 62.9 Å². The van der Waals surface area contributed by atoms with E-state index >= 15 is 0 Å². The normalized spacial score (nSPS) is 22.4. The summed E-state index contributed by atoms with van der Waals surface area (Å²) in [6, 6.07) is 29.5. The smallest absolute Gasteiger partial charge is 0.410 e. The summed E-state index contributed by atoms with van der Waals surface area (Å²) in [6.07, 6.45) is 8.75. The van der Waals surface area contributed by atoms with Crippen molar-refractivity contribution in [3.63, 3.8) is 0 Å². The highest BCUT2D eigenvalue weighted by molar-refractivity contribution is 6.03. The number of carbonyl (C=O) groups excluding carboxylic acids is 1. The Morgan fingerprint density at radius 3 is 2.32 bits per heavy atom. The highest BCUT2D eigenvalue weighted by Crippen LogP contribution is 2.62. The monoisotopic (exact) mass is 887 g/mol. The van der Waals surface area contributed by atoms with Gasteiger partial charge in [0.25, 0.3) is 5.69 Å². The van der Waals surface area contributed by atoms with Gasteiger partial charge in [-0.25, -0.2) is 4.79 Å². The molecular formula is C52H61N3O10. The van der Waals surface area contributed by atoms with Gasteiger partial charge in [-0.1, -0.05) is 79.5 Å². The average Bonchev–Trinajstić information content (AvgIpc) is 3.32. The molecule has 4 aromatic rings. The standard InChI is InChI=1S/C52H61N3O10/c1-4-28-54(51(58)61-6-3)48-34-46(53-63-35-36-18-22-40(23-19-36)55(59)60)44-32-39(16-10-12-29-56)43(17-11-13-30-57)49-45-33-42(26-27-47(45)65-52(48,50(44)49)62-31-5-2)64-41-24-20-38(21-25-41)37-14-8-7-9-15-37/h5,7-9,14-15,18-27,32-33,39,43,48-50,56-57H,2,4,6,10-13,16-17,28-31,34-35H2,1,3H3/t39-,43+,48-,49+,50+,52+/m0/s1. The van der Waals surface area contributed by atoms with Crippen LogP contribution in [0.15, 0.2) is 127 Å². The summed E-state index contributed by atoms with van der Waals surface area (Å²) in [5.41, 5.74) is 5.33. The van der Waals surface area contributed by atoms with Crippen molar-refractivity contribution in [1.82, 2.24) is 4.90 Å². The zero-order valence-corrected chi connectivity index (χ0v) is 37.4. The van der Waals surface area contributed by atoms with E-state index < -0.39 is 28.8 Å². The minimum Gasteiger partial charge on any atom is -0.459 e. The lowest BCUT2D eigenvalue weighted by molar-refractivity contribution is -0.384. The van der Waals surface area contributed by atoms with Crippen molar-refractivity contribution >= 4 is 17.5 Å². The van der Waals surface area contributed by atoms with Gasteiger partial charge in [-0.05, 0) is 116 Å². The Labute approximate surface area is 381 Å². The summed E-state index contributed by atoms with van der Waals surface area (Å²) in [7, 11) is 0. The van der Waals surface area contributed by atoms with Gasteiger partial charge < -0.3 is 34.0 Å². The first-order valence-electron chi connectivity index (χ1n) is 23.0. The Kier molecular flexibility index (Phi) is 16.1. The van der Waals surface area contributed by atoms with E-state index in [4.69, 9.17) is 28.9 Å². The van der Waals surface area contributed by atoms with Crippen molar-refractivity contribution in [3.05, 3.63) is 143 Å². The number of carbonyl (C=O) groups is 1. The van der Waals surface area contributed by atoms with Crippen molar-refractivity contribution in [2.75, 3.05) is 33.0 Å². The lowest BCUT2D eigenvalue weighted by Gasteiger charge is -2.59. The van der Waals surface area contributed by atoms with Crippen LogP contribution in [0.25, 0.3) is 11.1 Å². The van der Waals surface area contributed by atoms with E-state index in [0.29, 0.717) is 54.3 Å². The Balaban J connectivity index is 1.38. The summed E-state index contributed by atoms with van der Waals surface area (Å²) in [5.74, 6) is -0.222. The molecule has 0 spiro atoms. The van der Waals surface area contributed by atoms with Crippen LogP contribution in [0.5, 0.6) is 17.2 Å². The largest absolute Gasteiger partial charge is 0.459 e. The third-order valence-electron chi connectivity index (χ3n) is 12.7. The summed E-state index contributed by atoms with van der Waals surface area (Å²) < 4.78 is 26.7. The van der Waals surface area contributed by atoms with Crippen LogP contribution in [-0.4, -0.2) is 76.6 Å². The molecule has 4 aromatic carbocycles. The number of fused-ring (bicyclic) bond motifs is 2. The summed E-state index contributed by atoms with van der Waals surface area (Å²) in [4.78, 5) is 32.9. The van der Waals surface area contributed by atoms with Crippen LogP contribution in [0.2, 0.25) is 0 Å². The number of hydrogen-bond acceptors (Lipinski definition) is 11. The van der Waals surface area contributed by atoms with Crippen LogP contribution >= 0.6 is 0 Å². The van der Waals surface area contributed by atoms with Gasteiger partial charge in [0.15, 0.2) is 0 Å². The quantitative estimate of drug-likeness (QED) is 0.0336. The molecule has 0 saturated heterocycles. The van der Waals surface area contributed by atoms with Crippen LogP contribution in [0.1, 0.15) is 82.3 Å². The second-order valence-electron chi connectivity index (χ2n) is 16.9. The molecule has 2 N–H and O–H groups in total. The fourth-order valence-corrected chi connectivity index (χ4v) is 9.91. The topological polar surface area (TPSA) is 162 Å². The zero-order valence-electron chi connectivity index (χ0n) is 37.4. The highest BCUT2D eigenvalue weighted by atomic mass is 16.7. The lowest BCUT2D eigenvalue weighted by atomic mass is 9.55. The molecule has 1 aliphatic heterocycles. The third-order valence-corrected chi connectivity index (χ3v) is 12.7. The summed E-state index contributed by atoms with van der Waals surface area (Å²) in [5, 5.41) is 36.1. The molecule has 7 rings (SSSR count). The minimum absolute atomic E-state index is 0.0204. The number of oxime groups is 1. The molecule has 0 unspecified atom stereocenters. The van der Waals surface area contributed by atoms with Gasteiger partial charge >= 0.3 is 6.09 Å². The number of nitrogens with zero attached hydrogens (tertiary/aromatic N) is 3. The maximum absolute atomic E-state index is 14.1. The number of hydrogen-bond donors (Lipinski definition) is 2. The molecule has 1 saturated carbocycles. The molecule has 0 bridgehead atoms. The number of aliphatic hydroxyl groups is 2. The molecule has 0 radical (unpaired) electrons. The molecule has 1 heterocycles. The Hall–Kier alpha value is -6.02. The fraction of sp³-hybridized carbons (Fsp3) is 0.423. The number of non-ortho nitro benzene ring substituents is 1. The van der Waals surface area contributed by atoms with Gasteiger partial charge in [0.1, 0.15) is 29.9 Å². The number of unbranched alkanes of at least 4 members (excludes halogenated alkanes) is 2.